The quantitative estimate of drug-likeness (QED) is 0.331. The first kappa shape index (κ1) is 29.0. The van der Waals surface area contributed by atoms with Crippen molar-refractivity contribution < 1.29 is 14.6 Å². The van der Waals surface area contributed by atoms with Gasteiger partial charge >= 0.3 is 5.97 Å². The topological polar surface area (TPSA) is 101 Å². The summed E-state index contributed by atoms with van der Waals surface area (Å²) in [6.07, 6.45) is 1.80. The number of nitrogen functional groups attached to an aromatic ring is 1. The van der Waals surface area contributed by atoms with E-state index in [1.54, 1.807) is 20.0 Å². The van der Waals surface area contributed by atoms with Crippen LogP contribution in [-0.4, -0.2) is 41.2 Å². The van der Waals surface area contributed by atoms with E-state index in [9.17, 15) is 9.90 Å². The fourth-order valence-electron chi connectivity index (χ4n) is 5.05. The number of aryl methyl sites for hydroxylation is 1. The van der Waals surface area contributed by atoms with Crippen LogP contribution >= 0.6 is 0 Å². The molecule has 0 saturated heterocycles. The van der Waals surface area contributed by atoms with Crippen LogP contribution in [0.2, 0.25) is 0 Å². The standard InChI is InChI=1S/C29H36N4O3.C2H6/c1-18-8-9-20(15-21(18)16-33-13-14-36-25-7-6-12-32-24(25)17-33)26(29(3,4)28(34)35)22-10-11-23(31-5)27(30)19(22)2;1-2/h6-12,15,26,31H,13-14,16-17,30H2,1-5H3,(H,34,35);1-2H3. The normalized spacial score (nSPS) is 14.3. The molecule has 2 aromatic carbocycles. The molecule has 204 valence electrons. The Labute approximate surface area is 227 Å². The van der Waals surface area contributed by atoms with Gasteiger partial charge in [0, 0.05) is 38.8 Å². The highest BCUT2D eigenvalue weighted by Crippen LogP contribution is 2.45. The minimum atomic E-state index is -1.05. The maximum atomic E-state index is 12.5. The highest BCUT2D eigenvalue weighted by atomic mass is 16.5. The molecule has 0 fully saturated rings. The minimum absolute atomic E-state index is 0.377. The van der Waals surface area contributed by atoms with Crippen LogP contribution in [0, 0.1) is 19.3 Å². The van der Waals surface area contributed by atoms with E-state index < -0.39 is 11.4 Å². The number of pyridine rings is 1. The maximum Gasteiger partial charge on any atom is 0.310 e. The van der Waals surface area contributed by atoms with Crippen molar-refractivity contribution in [1.29, 1.82) is 0 Å². The molecule has 2 heterocycles. The van der Waals surface area contributed by atoms with Gasteiger partial charge in [-0.2, -0.15) is 0 Å². The van der Waals surface area contributed by atoms with Crippen LogP contribution in [0.25, 0.3) is 0 Å². The summed E-state index contributed by atoms with van der Waals surface area (Å²) in [5.41, 5.74) is 12.9. The Morgan fingerprint density at radius 2 is 1.95 bits per heavy atom. The van der Waals surface area contributed by atoms with Gasteiger partial charge in [-0.25, -0.2) is 0 Å². The number of hydrogen-bond acceptors (Lipinski definition) is 6. The summed E-state index contributed by atoms with van der Waals surface area (Å²) in [4.78, 5) is 19.3. The summed E-state index contributed by atoms with van der Waals surface area (Å²) in [6.45, 7) is 14.4. The summed E-state index contributed by atoms with van der Waals surface area (Å²) in [7, 11) is 1.83. The molecule has 0 saturated carbocycles. The van der Waals surface area contributed by atoms with E-state index in [0.717, 1.165) is 52.5 Å². The molecule has 7 heteroatoms. The zero-order chi connectivity index (χ0) is 28.0. The SMILES string of the molecule is CC.CNc1ccc(C(c2ccc(C)c(CN3CCOc4cccnc4C3)c2)C(C)(C)C(=O)O)c(C)c1N. The molecule has 0 spiro atoms. The number of carbonyl (C=O) groups is 1. The molecular formula is C31H42N4O3. The fraction of sp³-hybridized carbons (Fsp3) is 0.419. The van der Waals surface area contributed by atoms with Crippen LogP contribution < -0.4 is 15.8 Å². The van der Waals surface area contributed by atoms with Crippen molar-refractivity contribution in [2.75, 3.05) is 31.2 Å². The van der Waals surface area contributed by atoms with E-state index in [2.05, 4.69) is 40.3 Å². The highest BCUT2D eigenvalue weighted by Gasteiger charge is 2.40. The third-order valence-electron chi connectivity index (χ3n) is 7.40. The Kier molecular flexibility index (Phi) is 9.39. The lowest BCUT2D eigenvalue weighted by Gasteiger charge is -2.34. The first-order chi connectivity index (χ1) is 18.1. The first-order valence-corrected chi connectivity index (χ1v) is 13.3. The summed E-state index contributed by atoms with van der Waals surface area (Å²) in [5.74, 6) is -0.387. The molecule has 1 atom stereocenters. The molecule has 3 aromatic rings. The van der Waals surface area contributed by atoms with Gasteiger partial charge in [0.1, 0.15) is 12.4 Å². The van der Waals surface area contributed by atoms with Crippen molar-refractivity contribution in [2.45, 2.75) is 60.5 Å². The van der Waals surface area contributed by atoms with Crippen LogP contribution in [0.3, 0.4) is 0 Å². The fourth-order valence-corrected chi connectivity index (χ4v) is 5.05. The summed E-state index contributed by atoms with van der Waals surface area (Å²) in [6, 6.07) is 14.1. The molecule has 1 aliphatic rings. The van der Waals surface area contributed by atoms with Crippen LogP contribution in [0.4, 0.5) is 11.4 Å². The van der Waals surface area contributed by atoms with Gasteiger partial charge in [-0.1, -0.05) is 38.1 Å². The minimum Gasteiger partial charge on any atom is -0.490 e. The van der Waals surface area contributed by atoms with Crippen molar-refractivity contribution in [2.24, 2.45) is 5.41 Å². The number of nitrogens with two attached hydrogens (primary N) is 1. The van der Waals surface area contributed by atoms with Gasteiger partial charge in [0.2, 0.25) is 0 Å². The van der Waals surface area contributed by atoms with Crippen LogP contribution in [0.5, 0.6) is 5.75 Å². The maximum absolute atomic E-state index is 12.5. The van der Waals surface area contributed by atoms with Gasteiger partial charge in [0.25, 0.3) is 0 Å². The average Bonchev–Trinajstić information content (AvgIpc) is 3.11. The molecular weight excluding hydrogens is 476 g/mol. The zero-order valence-corrected chi connectivity index (χ0v) is 23.8. The van der Waals surface area contributed by atoms with Crippen LogP contribution in [0.15, 0.2) is 48.7 Å². The lowest BCUT2D eigenvalue weighted by atomic mass is 9.69. The number of carboxylic acid groups (broad SMARTS) is 1. The molecule has 0 aliphatic carbocycles. The second-order valence-electron chi connectivity index (χ2n) is 10.1. The molecule has 4 rings (SSSR count). The van der Waals surface area contributed by atoms with E-state index >= 15 is 0 Å². The predicted octanol–water partition coefficient (Wildman–Crippen LogP) is 5.99. The number of nitrogens with zero attached hydrogens (tertiary/aromatic N) is 2. The second-order valence-corrected chi connectivity index (χ2v) is 10.1. The number of fused-ring (bicyclic) bond motifs is 1. The molecule has 0 radical (unpaired) electrons. The van der Waals surface area contributed by atoms with Gasteiger partial charge in [-0.3, -0.25) is 14.7 Å². The number of hydrogen-bond donors (Lipinski definition) is 3. The van der Waals surface area contributed by atoms with Gasteiger partial charge in [-0.15, -0.1) is 0 Å². The molecule has 1 aromatic heterocycles. The Morgan fingerprint density at radius 1 is 1.21 bits per heavy atom. The van der Waals surface area contributed by atoms with Crippen molar-refractivity contribution in [3.63, 3.8) is 0 Å². The van der Waals surface area contributed by atoms with Crippen LogP contribution in [-0.2, 0) is 17.9 Å². The van der Waals surface area contributed by atoms with E-state index in [1.807, 2.05) is 52.1 Å². The van der Waals surface area contributed by atoms with E-state index in [1.165, 1.54) is 5.56 Å². The smallest absolute Gasteiger partial charge is 0.310 e. The summed E-state index contributed by atoms with van der Waals surface area (Å²) >= 11 is 0. The van der Waals surface area contributed by atoms with Gasteiger partial charge in [0.15, 0.2) is 0 Å². The number of anilines is 2. The lowest BCUT2D eigenvalue weighted by molar-refractivity contribution is -0.147. The van der Waals surface area contributed by atoms with Crippen LogP contribution in [0.1, 0.15) is 67.1 Å². The molecule has 0 amide bonds. The largest absolute Gasteiger partial charge is 0.490 e. The van der Waals surface area contributed by atoms with E-state index in [-0.39, 0.29) is 5.92 Å². The molecule has 38 heavy (non-hydrogen) atoms. The zero-order valence-electron chi connectivity index (χ0n) is 23.8. The predicted molar refractivity (Wildman–Crippen MR) is 155 cm³/mol. The van der Waals surface area contributed by atoms with E-state index in [0.29, 0.717) is 18.8 Å². The summed E-state index contributed by atoms with van der Waals surface area (Å²) < 4.78 is 5.89. The van der Waals surface area contributed by atoms with Crippen molar-refractivity contribution in [1.82, 2.24) is 9.88 Å². The lowest BCUT2D eigenvalue weighted by Crippen LogP contribution is -2.33. The summed E-state index contributed by atoms with van der Waals surface area (Å²) in [5, 5.41) is 13.3. The van der Waals surface area contributed by atoms with Crippen molar-refractivity contribution >= 4 is 17.3 Å². The molecule has 0 bridgehead atoms. The average molecular weight is 519 g/mol. The third-order valence-corrected chi connectivity index (χ3v) is 7.40. The number of rotatable bonds is 7. The Balaban J connectivity index is 0.00000195. The van der Waals surface area contributed by atoms with Gasteiger partial charge in [-0.05, 0) is 73.7 Å². The molecule has 1 unspecified atom stereocenters. The number of carboxylic acids is 1. The number of ether oxygens (including phenoxy) is 1. The Bertz CT molecular complexity index is 1270. The first-order valence-electron chi connectivity index (χ1n) is 13.3. The highest BCUT2D eigenvalue weighted by molar-refractivity contribution is 5.78. The van der Waals surface area contributed by atoms with E-state index in [4.69, 9.17) is 10.5 Å². The molecule has 7 nitrogen and oxygen atoms in total. The van der Waals surface area contributed by atoms with Gasteiger partial charge in [0.05, 0.1) is 22.5 Å². The van der Waals surface area contributed by atoms with Gasteiger partial charge < -0.3 is 20.9 Å². The van der Waals surface area contributed by atoms with Crippen molar-refractivity contribution in [3.05, 3.63) is 82.2 Å². The third kappa shape index (κ3) is 5.94. The number of aromatic nitrogens is 1. The monoisotopic (exact) mass is 518 g/mol. The number of nitrogens with one attached hydrogen (secondary N) is 1. The molecule has 4 N–H and O–H groups in total. The second kappa shape index (κ2) is 12.3. The number of aliphatic carboxylic acids is 1. The Hall–Kier alpha value is -3.58. The van der Waals surface area contributed by atoms with Crippen molar-refractivity contribution in [3.8, 4) is 5.75 Å². The molecule has 1 aliphatic heterocycles. The number of benzene rings is 2. The Morgan fingerprint density at radius 3 is 2.63 bits per heavy atom.